The van der Waals surface area contributed by atoms with Gasteiger partial charge in [-0.25, -0.2) is 5.43 Å². The van der Waals surface area contributed by atoms with Crippen LogP contribution in [0.1, 0.15) is 37.0 Å². The number of amides is 2. The van der Waals surface area contributed by atoms with Gasteiger partial charge in [0.05, 0.1) is 6.21 Å². The summed E-state index contributed by atoms with van der Waals surface area (Å²) in [4.78, 5) is 28.3. The van der Waals surface area contributed by atoms with Gasteiger partial charge in [-0.15, -0.1) is 0 Å². The highest BCUT2D eigenvalue weighted by Crippen LogP contribution is 2.22. The normalized spacial score (nSPS) is 12.3. The van der Waals surface area contributed by atoms with Crippen LogP contribution in [0, 0.1) is 19.8 Å². The molecule has 1 aromatic heterocycles. The average molecular weight is 435 g/mol. The summed E-state index contributed by atoms with van der Waals surface area (Å²) >= 11 is 0. The van der Waals surface area contributed by atoms with Crippen molar-refractivity contribution in [3.8, 4) is 5.75 Å². The smallest absolute Gasteiger partial charge is 0.262 e. The van der Waals surface area contributed by atoms with Crippen molar-refractivity contribution in [2.75, 3.05) is 6.61 Å². The first kappa shape index (κ1) is 23.1. The summed E-state index contributed by atoms with van der Waals surface area (Å²) in [6, 6.07) is 12.9. The van der Waals surface area contributed by atoms with Gasteiger partial charge in [-0.2, -0.15) is 5.10 Å². The molecule has 3 rings (SSSR count). The SMILES string of the molecule is Cc1cccc(C)c1OCC(=O)N[C@@H](CC(C)C)C(=O)N/N=C\c1c[nH]c2ccccc12. The number of carbonyl (C=O) groups excluding carboxylic acids is 2. The van der Waals surface area contributed by atoms with Gasteiger partial charge < -0.3 is 15.0 Å². The summed E-state index contributed by atoms with van der Waals surface area (Å²) in [6.45, 7) is 7.69. The number of aromatic nitrogens is 1. The molecule has 0 saturated heterocycles. The number of nitrogens with one attached hydrogen (secondary N) is 3. The first-order valence-corrected chi connectivity index (χ1v) is 10.7. The number of para-hydroxylation sites is 2. The van der Waals surface area contributed by atoms with Gasteiger partial charge in [0.15, 0.2) is 6.61 Å². The van der Waals surface area contributed by atoms with E-state index in [0.717, 1.165) is 27.6 Å². The van der Waals surface area contributed by atoms with Crippen molar-refractivity contribution in [1.29, 1.82) is 0 Å². The number of H-pyrrole nitrogens is 1. The number of benzene rings is 2. The van der Waals surface area contributed by atoms with Gasteiger partial charge in [-0.1, -0.05) is 50.2 Å². The highest BCUT2D eigenvalue weighted by Gasteiger charge is 2.22. The zero-order valence-corrected chi connectivity index (χ0v) is 18.9. The maximum absolute atomic E-state index is 12.7. The number of hydrazone groups is 1. The minimum absolute atomic E-state index is 0.161. The second-order valence-corrected chi connectivity index (χ2v) is 8.28. The Bertz CT molecular complexity index is 1100. The van der Waals surface area contributed by atoms with E-state index in [1.165, 1.54) is 0 Å². The topological polar surface area (TPSA) is 95.6 Å². The van der Waals surface area contributed by atoms with E-state index in [4.69, 9.17) is 4.74 Å². The number of nitrogens with zero attached hydrogens (tertiary/aromatic N) is 1. The standard InChI is InChI=1S/C25H30N4O3/c1-16(2)12-22(28-23(30)15-32-24-17(3)8-7-9-18(24)4)25(31)29-27-14-19-13-26-21-11-6-5-10-20(19)21/h5-11,13-14,16,22,26H,12,15H2,1-4H3,(H,28,30)(H,29,31)/b27-14-/t22-/m0/s1. The molecule has 2 aromatic carbocycles. The number of hydrogen-bond donors (Lipinski definition) is 3. The fourth-order valence-electron chi connectivity index (χ4n) is 3.55. The Hall–Kier alpha value is -3.61. The van der Waals surface area contributed by atoms with E-state index >= 15 is 0 Å². The highest BCUT2D eigenvalue weighted by molar-refractivity contribution is 5.99. The second-order valence-electron chi connectivity index (χ2n) is 8.28. The third-order valence-corrected chi connectivity index (χ3v) is 5.11. The number of fused-ring (bicyclic) bond motifs is 1. The van der Waals surface area contributed by atoms with Crippen LogP contribution < -0.4 is 15.5 Å². The lowest BCUT2D eigenvalue weighted by Gasteiger charge is -2.19. The highest BCUT2D eigenvalue weighted by atomic mass is 16.5. The largest absolute Gasteiger partial charge is 0.483 e. The van der Waals surface area contributed by atoms with E-state index in [1.807, 2.05) is 76.4 Å². The molecule has 2 amide bonds. The van der Waals surface area contributed by atoms with Crippen molar-refractivity contribution in [3.05, 3.63) is 65.4 Å². The second kappa shape index (κ2) is 10.6. The molecule has 0 aliphatic heterocycles. The van der Waals surface area contributed by atoms with E-state index in [9.17, 15) is 9.59 Å². The number of rotatable bonds is 9. The molecule has 0 spiro atoms. The van der Waals surface area contributed by atoms with Gasteiger partial charge in [0.25, 0.3) is 11.8 Å². The first-order chi connectivity index (χ1) is 15.3. The third kappa shape index (κ3) is 5.97. The predicted molar refractivity (Wildman–Crippen MR) is 127 cm³/mol. The van der Waals surface area contributed by atoms with Crippen LogP contribution in [0.4, 0.5) is 0 Å². The molecular formula is C25H30N4O3. The van der Waals surface area contributed by atoms with Crippen molar-refractivity contribution in [2.45, 2.75) is 40.2 Å². The zero-order chi connectivity index (χ0) is 23.1. The summed E-state index contributed by atoms with van der Waals surface area (Å²) in [5, 5.41) is 7.88. The van der Waals surface area contributed by atoms with Crippen molar-refractivity contribution < 1.29 is 14.3 Å². The lowest BCUT2D eigenvalue weighted by Crippen LogP contribution is -2.47. The molecule has 32 heavy (non-hydrogen) atoms. The van der Waals surface area contributed by atoms with Crippen LogP contribution in [-0.2, 0) is 9.59 Å². The molecule has 0 radical (unpaired) electrons. The fraction of sp³-hybridized carbons (Fsp3) is 0.320. The molecule has 1 atom stereocenters. The molecule has 0 bridgehead atoms. The maximum atomic E-state index is 12.7. The van der Waals surface area contributed by atoms with Crippen molar-refractivity contribution in [2.24, 2.45) is 11.0 Å². The Balaban J connectivity index is 1.59. The molecule has 0 aliphatic rings. The Morgan fingerprint density at radius 1 is 1.09 bits per heavy atom. The van der Waals surface area contributed by atoms with Crippen molar-refractivity contribution in [1.82, 2.24) is 15.7 Å². The first-order valence-electron chi connectivity index (χ1n) is 10.7. The van der Waals surface area contributed by atoms with Crippen LogP contribution in [0.3, 0.4) is 0 Å². The van der Waals surface area contributed by atoms with Gasteiger partial charge in [0.2, 0.25) is 0 Å². The van der Waals surface area contributed by atoms with Gasteiger partial charge in [-0.3, -0.25) is 9.59 Å². The molecule has 3 N–H and O–H groups in total. The molecule has 168 valence electrons. The minimum atomic E-state index is -0.704. The average Bonchev–Trinajstić information content (AvgIpc) is 3.16. The number of aryl methyl sites for hydroxylation is 2. The quantitative estimate of drug-likeness (QED) is 0.353. The Morgan fingerprint density at radius 2 is 1.81 bits per heavy atom. The van der Waals surface area contributed by atoms with E-state index < -0.39 is 6.04 Å². The van der Waals surface area contributed by atoms with E-state index in [-0.39, 0.29) is 24.3 Å². The minimum Gasteiger partial charge on any atom is -0.483 e. The lowest BCUT2D eigenvalue weighted by molar-refractivity contribution is -0.130. The maximum Gasteiger partial charge on any atom is 0.262 e. The monoisotopic (exact) mass is 434 g/mol. The van der Waals surface area contributed by atoms with Gasteiger partial charge in [0, 0.05) is 22.7 Å². The van der Waals surface area contributed by atoms with E-state index in [0.29, 0.717) is 12.2 Å². The molecule has 0 aliphatic carbocycles. The van der Waals surface area contributed by atoms with Crippen molar-refractivity contribution in [3.63, 3.8) is 0 Å². The Labute approximate surface area is 188 Å². The van der Waals surface area contributed by atoms with Crippen LogP contribution in [0.25, 0.3) is 10.9 Å². The zero-order valence-electron chi connectivity index (χ0n) is 18.9. The Kier molecular flexibility index (Phi) is 7.65. The number of hydrogen-bond acceptors (Lipinski definition) is 4. The summed E-state index contributed by atoms with van der Waals surface area (Å²) in [5.74, 6) is 0.184. The number of ether oxygens (including phenoxy) is 1. The molecule has 1 heterocycles. The van der Waals surface area contributed by atoms with Gasteiger partial charge >= 0.3 is 0 Å². The summed E-state index contributed by atoms with van der Waals surface area (Å²) in [6.07, 6.45) is 3.91. The van der Waals surface area contributed by atoms with Crippen LogP contribution in [0.5, 0.6) is 5.75 Å². The van der Waals surface area contributed by atoms with E-state index in [1.54, 1.807) is 6.21 Å². The Morgan fingerprint density at radius 3 is 2.53 bits per heavy atom. The molecule has 3 aromatic rings. The van der Waals surface area contributed by atoms with Crippen molar-refractivity contribution >= 4 is 28.9 Å². The number of aromatic amines is 1. The fourth-order valence-corrected chi connectivity index (χ4v) is 3.55. The van der Waals surface area contributed by atoms with Gasteiger partial charge in [-0.05, 0) is 43.4 Å². The van der Waals surface area contributed by atoms with Gasteiger partial charge in [0.1, 0.15) is 11.8 Å². The summed E-state index contributed by atoms with van der Waals surface area (Å²) in [5.41, 5.74) is 6.33. The van der Waals surface area contributed by atoms with Crippen LogP contribution in [0.15, 0.2) is 53.8 Å². The summed E-state index contributed by atoms with van der Waals surface area (Å²) in [7, 11) is 0. The van der Waals surface area contributed by atoms with E-state index in [2.05, 4.69) is 20.8 Å². The molecule has 0 fully saturated rings. The molecule has 0 unspecified atom stereocenters. The molecule has 7 heteroatoms. The van der Waals surface area contributed by atoms with Crippen LogP contribution in [0.2, 0.25) is 0 Å². The lowest BCUT2D eigenvalue weighted by atomic mass is 10.0. The third-order valence-electron chi connectivity index (χ3n) is 5.11. The molecule has 0 saturated carbocycles. The number of carbonyl (C=O) groups is 2. The predicted octanol–water partition coefficient (Wildman–Crippen LogP) is 3.84. The molecule has 7 nitrogen and oxygen atoms in total. The van der Waals surface area contributed by atoms with Crippen LogP contribution >= 0.6 is 0 Å². The summed E-state index contributed by atoms with van der Waals surface area (Å²) < 4.78 is 5.71. The molecular weight excluding hydrogens is 404 g/mol. The van der Waals surface area contributed by atoms with Crippen LogP contribution in [-0.4, -0.2) is 35.7 Å².